The Morgan fingerprint density at radius 2 is 2.00 bits per heavy atom. The number of rotatable bonds is 4. The van der Waals surface area contributed by atoms with Crippen LogP contribution in [0.3, 0.4) is 0 Å². The third-order valence-corrected chi connectivity index (χ3v) is 5.42. The molecule has 0 atom stereocenters. The van der Waals surface area contributed by atoms with Crippen molar-refractivity contribution in [2.24, 2.45) is 7.05 Å². The van der Waals surface area contributed by atoms with Crippen molar-refractivity contribution in [3.63, 3.8) is 0 Å². The molecule has 2 aromatic heterocycles. The Kier molecular flexibility index (Phi) is 3.68. The van der Waals surface area contributed by atoms with Gasteiger partial charge in [0.1, 0.15) is 11.3 Å². The van der Waals surface area contributed by atoms with E-state index in [2.05, 4.69) is 15.2 Å². The van der Waals surface area contributed by atoms with Crippen molar-refractivity contribution < 1.29 is 13.9 Å². The van der Waals surface area contributed by atoms with Gasteiger partial charge in [0.25, 0.3) is 11.8 Å². The van der Waals surface area contributed by atoms with Crippen LogP contribution < -0.4 is 0 Å². The Morgan fingerprint density at radius 1 is 1.28 bits per heavy atom. The van der Waals surface area contributed by atoms with E-state index in [1.807, 2.05) is 29.6 Å². The van der Waals surface area contributed by atoms with Gasteiger partial charge in [0.15, 0.2) is 0 Å². The summed E-state index contributed by atoms with van der Waals surface area (Å²) < 4.78 is 13.3. The Labute approximate surface area is 146 Å². The van der Waals surface area contributed by atoms with Crippen LogP contribution in [0.25, 0.3) is 11.6 Å². The zero-order valence-corrected chi connectivity index (χ0v) is 14.9. The van der Waals surface area contributed by atoms with Crippen LogP contribution in [-0.4, -0.2) is 56.4 Å². The maximum atomic E-state index is 12.9. The summed E-state index contributed by atoms with van der Waals surface area (Å²) >= 11 is 0. The first-order valence-electron chi connectivity index (χ1n) is 8.63. The molecule has 1 amide bonds. The maximum Gasteiger partial charge on any atom is 0.267 e. The third kappa shape index (κ3) is 2.55. The summed E-state index contributed by atoms with van der Waals surface area (Å²) in [5.74, 6) is 1.05. The highest BCUT2D eigenvalue weighted by atomic mass is 16.5. The van der Waals surface area contributed by atoms with E-state index in [0.29, 0.717) is 30.6 Å². The predicted octanol–water partition coefficient (Wildman–Crippen LogP) is 1.53. The zero-order chi connectivity index (χ0) is 17.7. The molecule has 0 aromatic carbocycles. The van der Waals surface area contributed by atoms with Gasteiger partial charge < -0.3 is 18.6 Å². The molecule has 1 saturated carbocycles. The number of carbonyl (C=O) groups is 1. The monoisotopic (exact) mass is 345 g/mol. The van der Waals surface area contributed by atoms with Crippen LogP contribution >= 0.6 is 0 Å². The van der Waals surface area contributed by atoms with Gasteiger partial charge in [-0.25, -0.2) is 4.98 Å². The molecule has 134 valence electrons. The van der Waals surface area contributed by atoms with Crippen LogP contribution in [0, 0.1) is 0 Å². The maximum absolute atomic E-state index is 12.9. The fraction of sp³-hybridized carbons (Fsp3) is 0.647. The minimum atomic E-state index is -0.630. The summed E-state index contributed by atoms with van der Waals surface area (Å²) in [5.41, 5.74) is -0.292. The topological polar surface area (TPSA) is 86.3 Å². The molecule has 4 rings (SSSR count). The lowest BCUT2D eigenvalue weighted by atomic mass is 9.80. The van der Waals surface area contributed by atoms with Gasteiger partial charge in [0.2, 0.25) is 5.89 Å². The van der Waals surface area contributed by atoms with E-state index in [0.717, 1.165) is 25.7 Å². The summed E-state index contributed by atoms with van der Waals surface area (Å²) in [5, 5.41) is 8.29. The number of aromatic nitrogens is 4. The Bertz CT molecular complexity index is 784. The average Bonchev–Trinajstić information content (AvgIpc) is 3.31. The lowest BCUT2D eigenvalue weighted by Crippen LogP contribution is -2.64. The Balaban J connectivity index is 1.47. The van der Waals surface area contributed by atoms with E-state index < -0.39 is 5.60 Å². The molecule has 8 nitrogen and oxygen atoms in total. The summed E-state index contributed by atoms with van der Waals surface area (Å²) in [6.45, 7) is 3.18. The number of hydrogen-bond donors (Lipinski definition) is 0. The molecule has 1 aliphatic heterocycles. The second kappa shape index (κ2) is 5.66. The number of nitrogens with zero attached hydrogens (tertiary/aromatic N) is 5. The highest BCUT2D eigenvalue weighted by Crippen LogP contribution is 2.40. The fourth-order valence-corrected chi connectivity index (χ4v) is 3.91. The van der Waals surface area contributed by atoms with Crippen LogP contribution in [0.5, 0.6) is 0 Å². The smallest absolute Gasteiger partial charge is 0.267 e. The van der Waals surface area contributed by atoms with Gasteiger partial charge in [0, 0.05) is 33.4 Å². The SMILES string of the molecule is COC1(C(=O)N2CC(C)(c3nnc(-c4cn(C)cn4)o3)C2)CCCC1. The minimum absolute atomic E-state index is 0.0921. The number of aryl methyl sites for hydroxylation is 1. The molecular weight excluding hydrogens is 322 g/mol. The zero-order valence-electron chi connectivity index (χ0n) is 14.9. The van der Waals surface area contributed by atoms with Gasteiger partial charge in [-0.15, -0.1) is 10.2 Å². The van der Waals surface area contributed by atoms with Crippen LogP contribution in [0.2, 0.25) is 0 Å². The first-order chi connectivity index (χ1) is 12.0. The summed E-state index contributed by atoms with van der Waals surface area (Å²) in [7, 11) is 3.53. The predicted molar refractivity (Wildman–Crippen MR) is 88.6 cm³/mol. The number of carbonyl (C=O) groups excluding carboxylic acids is 1. The van der Waals surface area contributed by atoms with Gasteiger partial charge in [-0.3, -0.25) is 4.79 Å². The van der Waals surface area contributed by atoms with E-state index in [-0.39, 0.29) is 11.3 Å². The first-order valence-corrected chi connectivity index (χ1v) is 8.63. The Morgan fingerprint density at radius 3 is 2.60 bits per heavy atom. The van der Waals surface area contributed by atoms with Crippen molar-refractivity contribution in [2.75, 3.05) is 20.2 Å². The number of hydrogen-bond acceptors (Lipinski definition) is 6. The standard InChI is InChI=1S/C17H23N5O3/c1-16(14-20-19-13(25-14)12-8-21(2)11-18-12)9-22(10-16)15(23)17(24-3)6-4-5-7-17/h8,11H,4-7,9-10H2,1-3H3. The van der Waals surface area contributed by atoms with Crippen molar-refractivity contribution in [2.45, 2.75) is 43.6 Å². The first kappa shape index (κ1) is 16.3. The quantitative estimate of drug-likeness (QED) is 0.835. The summed E-state index contributed by atoms with van der Waals surface area (Å²) in [6, 6.07) is 0. The molecule has 0 N–H and O–H groups in total. The molecule has 0 unspecified atom stereocenters. The number of ether oxygens (including phenoxy) is 1. The molecule has 2 aromatic rings. The summed E-state index contributed by atoms with van der Waals surface area (Å²) in [6.07, 6.45) is 7.22. The molecule has 25 heavy (non-hydrogen) atoms. The number of amides is 1. The van der Waals surface area contributed by atoms with Crippen LogP contribution in [-0.2, 0) is 22.0 Å². The average molecular weight is 345 g/mol. The molecular formula is C17H23N5O3. The van der Waals surface area contributed by atoms with Gasteiger partial charge >= 0.3 is 0 Å². The summed E-state index contributed by atoms with van der Waals surface area (Å²) in [4.78, 5) is 18.9. The van der Waals surface area contributed by atoms with Crippen molar-refractivity contribution in [3.8, 4) is 11.6 Å². The normalized spacial score (nSPS) is 21.3. The van der Waals surface area contributed by atoms with Crippen LogP contribution in [0.1, 0.15) is 38.5 Å². The molecule has 0 bridgehead atoms. The second-order valence-electron chi connectivity index (χ2n) is 7.46. The minimum Gasteiger partial charge on any atom is -0.418 e. The van der Waals surface area contributed by atoms with E-state index in [1.54, 1.807) is 13.4 Å². The highest BCUT2D eigenvalue weighted by Gasteiger charge is 2.52. The van der Waals surface area contributed by atoms with E-state index >= 15 is 0 Å². The van der Waals surface area contributed by atoms with Crippen molar-refractivity contribution in [3.05, 3.63) is 18.4 Å². The second-order valence-corrected chi connectivity index (χ2v) is 7.46. The van der Waals surface area contributed by atoms with Crippen molar-refractivity contribution in [1.29, 1.82) is 0 Å². The van der Waals surface area contributed by atoms with Crippen molar-refractivity contribution in [1.82, 2.24) is 24.6 Å². The molecule has 0 radical (unpaired) electrons. The molecule has 1 aliphatic carbocycles. The lowest BCUT2D eigenvalue weighted by molar-refractivity contribution is -0.162. The van der Waals surface area contributed by atoms with Crippen LogP contribution in [0.4, 0.5) is 0 Å². The molecule has 0 spiro atoms. The van der Waals surface area contributed by atoms with Crippen LogP contribution in [0.15, 0.2) is 16.9 Å². The van der Waals surface area contributed by atoms with E-state index in [1.165, 1.54) is 0 Å². The number of methoxy groups -OCH3 is 1. The largest absolute Gasteiger partial charge is 0.418 e. The Hall–Kier alpha value is -2.22. The molecule has 2 fully saturated rings. The van der Waals surface area contributed by atoms with Gasteiger partial charge in [0.05, 0.1) is 11.7 Å². The third-order valence-electron chi connectivity index (χ3n) is 5.42. The number of likely N-dealkylation sites (tertiary alicyclic amines) is 1. The highest BCUT2D eigenvalue weighted by molar-refractivity contribution is 5.86. The molecule has 2 aliphatic rings. The molecule has 1 saturated heterocycles. The van der Waals surface area contributed by atoms with Gasteiger partial charge in [-0.05, 0) is 32.6 Å². The van der Waals surface area contributed by atoms with Gasteiger partial charge in [-0.2, -0.15) is 0 Å². The van der Waals surface area contributed by atoms with E-state index in [4.69, 9.17) is 9.15 Å². The number of imidazole rings is 1. The van der Waals surface area contributed by atoms with Gasteiger partial charge in [-0.1, -0.05) is 0 Å². The van der Waals surface area contributed by atoms with E-state index in [9.17, 15) is 4.79 Å². The van der Waals surface area contributed by atoms with Crippen molar-refractivity contribution >= 4 is 5.91 Å². The molecule has 8 heteroatoms. The lowest BCUT2D eigenvalue weighted by Gasteiger charge is -2.48. The fourth-order valence-electron chi connectivity index (χ4n) is 3.91. The molecule has 3 heterocycles.